The molecule has 162 valence electrons. The molecule has 8 nitrogen and oxygen atoms in total. The number of hydrogen-bond donors (Lipinski definition) is 1. The molecule has 3 rings (SSSR count). The number of nitrogens with one attached hydrogen (secondary N) is 1. The topological polar surface area (TPSA) is 94.2 Å². The van der Waals surface area contributed by atoms with E-state index in [1.807, 2.05) is 0 Å². The minimum absolute atomic E-state index is 0.0102. The fourth-order valence-corrected chi connectivity index (χ4v) is 4.17. The summed E-state index contributed by atoms with van der Waals surface area (Å²) in [6.45, 7) is 1.53. The average molecular weight is 438 g/mol. The van der Waals surface area contributed by atoms with Crippen molar-refractivity contribution < 1.29 is 31.8 Å². The number of rotatable bonds is 9. The fraction of sp³-hybridized carbons (Fsp3) is 0.350. The van der Waals surface area contributed by atoms with Crippen LogP contribution in [0.25, 0.3) is 0 Å². The number of ether oxygens (including phenoxy) is 3. The summed E-state index contributed by atoms with van der Waals surface area (Å²) < 4.78 is 55.7. The maximum absolute atomic E-state index is 13.4. The third-order valence-corrected chi connectivity index (χ3v) is 6.23. The molecule has 0 unspecified atom stereocenters. The SMILES string of the molecule is O=C(COc1ccccc1F)NCCOc1ccc(S(=O)(=O)N2CCOCC2)cc1. The van der Waals surface area contributed by atoms with Crippen molar-refractivity contribution in [3.8, 4) is 11.5 Å². The molecule has 1 saturated heterocycles. The van der Waals surface area contributed by atoms with E-state index >= 15 is 0 Å². The first-order valence-electron chi connectivity index (χ1n) is 9.41. The van der Waals surface area contributed by atoms with Gasteiger partial charge in [-0.2, -0.15) is 4.31 Å². The van der Waals surface area contributed by atoms with Crippen LogP contribution in [0.3, 0.4) is 0 Å². The molecule has 0 bridgehead atoms. The Balaban J connectivity index is 1.40. The predicted octanol–water partition coefficient (Wildman–Crippen LogP) is 1.42. The number of sulfonamides is 1. The van der Waals surface area contributed by atoms with E-state index in [4.69, 9.17) is 14.2 Å². The molecule has 0 spiro atoms. The van der Waals surface area contributed by atoms with Gasteiger partial charge in [-0.3, -0.25) is 4.79 Å². The smallest absolute Gasteiger partial charge is 0.258 e. The Morgan fingerprint density at radius 1 is 1.07 bits per heavy atom. The molecule has 30 heavy (non-hydrogen) atoms. The summed E-state index contributed by atoms with van der Waals surface area (Å²) in [6, 6.07) is 11.9. The molecular weight excluding hydrogens is 415 g/mol. The lowest BCUT2D eigenvalue weighted by atomic mass is 10.3. The van der Waals surface area contributed by atoms with Crippen molar-refractivity contribution in [1.29, 1.82) is 0 Å². The molecule has 2 aromatic rings. The number of amides is 1. The lowest BCUT2D eigenvalue weighted by molar-refractivity contribution is -0.123. The van der Waals surface area contributed by atoms with Crippen LogP contribution in [-0.4, -0.2) is 64.7 Å². The van der Waals surface area contributed by atoms with Crippen LogP contribution in [-0.2, 0) is 19.6 Å². The van der Waals surface area contributed by atoms with Crippen molar-refractivity contribution in [2.24, 2.45) is 0 Å². The van der Waals surface area contributed by atoms with Gasteiger partial charge in [0.25, 0.3) is 5.91 Å². The molecule has 0 atom stereocenters. The van der Waals surface area contributed by atoms with Crippen LogP contribution in [0.5, 0.6) is 11.5 Å². The third-order valence-electron chi connectivity index (χ3n) is 4.32. The van der Waals surface area contributed by atoms with Crippen molar-refractivity contribution in [1.82, 2.24) is 9.62 Å². The van der Waals surface area contributed by atoms with E-state index in [9.17, 15) is 17.6 Å². The first-order chi connectivity index (χ1) is 14.5. The van der Waals surface area contributed by atoms with E-state index < -0.39 is 21.7 Å². The number of morpholine rings is 1. The summed E-state index contributed by atoms with van der Waals surface area (Å²) in [4.78, 5) is 11.9. The number of hydrogen-bond acceptors (Lipinski definition) is 6. The van der Waals surface area contributed by atoms with Gasteiger partial charge in [-0.25, -0.2) is 12.8 Å². The number of nitrogens with zero attached hydrogens (tertiary/aromatic N) is 1. The Bertz CT molecular complexity index is 946. The monoisotopic (exact) mass is 438 g/mol. The normalized spacial score (nSPS) is 14.8. The van der Waals surface area contributed by atoms with Crippen LogP contribution in [0.15, 0.2) is 53.4 Å². The van der Waals surface area contributed by atoms with Gasteiger partial charge in [0.2, 0.25) is 10.0 Å². The Kier molecular flexibility index (Phi) is 7.61. The summed E-state index contributed by atoms with van der Waals surface area (Å²) in [5.41, 5.74) is 0. The second-order valence-corrected chi connectivity index (χ2v) is 8.34. The van der Waals surface area contributed by atoms with Gasteiger partial charge in [-0.1, -0.05) is 12.1 Å². The van der Waals surface area contributed by atoms with E-state index in [1.165, 1.54) is 34.6 Å². The summed E-state index contributed by atoms with van der Waals surface area (Å²) in [5.74, 6) is -0.453. The van der Waals surface area contributed by atoms with Gasteiger partial charge >= 0.3 is 0 Å². The molecule has 0 radical (unpaired) electrons. The third kappa shape index (κ3) is 5.91. The molecule has 1 aliphatic rings. The van der Waals surface area contributed by atoms with E-state index in [1.54, 1.807) is 18.2 Å². The molecule has 1 amide bonds. The second kappa shape index (κ2) is 10.4. The zero-order valence-corrected chi connectivity index (χ0v) is 17.1. The molecular formula is C20H23FN2O6S. The van der Waals surface area contributed by atoms with E-state index in [-0.39, 0.29) is 30.4 Å². The van der Waals surface area contributed by atoms with Crippen LogP contribution in [0.2, 0.25) is 0 Å². The largest absolute Gasteiger partial charge is 0.492 e. The zero-order valence-electron chi connectivity index (χ0n) is 16.3. The molecule has 1 fully saturated rings. The van der Waals surface area contributed by atoms with Gasteiger partial charge in [0, 0.05) is 13.1 Å². The van der Waals surface area contributed by atoms with Gasteiger partial charge in [-0.05, 0) is 36.4 Å². The Labute approximate surface area is 174 Å². The standard InChI is InChI=1S/C20H23FN2O6S/c21-18-3-1-2-4-19(18)29-15-20(24)22-9-12-28-16-5-7-17(8-6-16)30(25,26)23-10-13-27-14-11-23/h1-8H,9-15H2,(H,22,24). The first kappa shape index (κ1) is 22.0. The molecule has 0 saturated carbocycles. The summed E-state index contributed by atoms with van der Waals surface area (Å²) in [6.07, 6.45) is 0. The Morgan fingerprint density at radius 2 is 1.77 bits per heavy atom. The molecule has 1 heterocycles. The minimum Gasteiger partial charge on any atom is -0.492 e. The highest BCUT2D eigenvalue weighted by Crippen LogP contribution is 2.20. The van der Waals surface area contributed by atoms with Crippen molar-refractivity contribution in [2.45, 2.75) is 4.90 Å². The highest BCUT2D eigenvalue weighted by atomic mass is 32.2. The summed E-state index contributed by atoms with van der Waals surface area (Å²) >= 11 is 0. The Morgan fingerprint density at radius 3 is 2.47 bits per heavy atom. The van der Waals surface area contributed by atoms with Gasteiger partial charge in [0.05, 0.1) is 24.7 Å². The first-order valence-corrected chi connectivity index (χ1v) is 10.9. The number of carbonyl (C=O) groups excluding carboxylic acids is 1. The molecule has 2 aromatic carbocycles. The van der Waals surface area contributed by atoms with Crippen LogP contribution in [0, 0.1) is 5.82 Å². The lowest BCUT2D eigenvalue weighted by Gasteiger charge is -2.26. The second-order valence-electron chi connectivity index (χ2n) is 6.41. The van der Waals surface area contributed by atoms with Crippen LogP contribution < -0.4 is 14.8 Å². The maximum atomic E-state index is 13.4. The van der Waals surface area contributed by atoms with Gasteiger partial charge in [0.1, 0.15) is 12.4 Å². The van der Waals surface area contributed by atoms with E-state index in [2.05, 4.69) is 5.32 Å². The number of carbonyl (C=O) groups is 1. The molecule has 0 aliphatic carbocycles. The van der Waals surface area contributed by atoms with Gasteiger partial charge in [0.15, 0.2) is 18.2 Å². The summed E-state index contributed by atoms with van der Waals surface area (Å²) in [7, 11) is -3.55. The number of halogens is 1. The van der Waals surface area contributed by atoms with Crippen LogP contribution >= 0.6 is 0 Å². The van der Waals surface area contributed by atoms with Gasteiger partial charge in [-0.15, -0.1) is 0 Å². The average Bonchev–Trinajstić information content (AvgIpc) is 2.77. The van der Waals surface area contributed by atoms with Gasteiger partial charge < -0.3 is 19.5 Å². The highest BCUT2D eigenvalue weighted by Gasteiger charge is 2.26. The van der Waals surface area contributed by atoms with Crippen molar-refractivity contribution in [3.63, 3.8) is 0 Å². The number of benzene rings is 2. The minimum atomic E-state index is -3.55. The summed E-state index contributed by atoms with van der Waals surface area (Å²) in [5, 5.41) is 2.60. The highest BCUT2D eigenvalue weighted by molar-refractivity contribution is 7.89. The Hall–Kier alpha value is -2.69. The lowest BCUT2D eigenvalue weighted by Crippen LogP contribution is -2.40. The quantitative estimate of drug-likeness (QED) is 0.595. The zero-order chi connectivity index (χ0) is 21.4. The fourth-order valence-electron chi connectivity index (χ4n) is 2.76. The number of para-hydroxylation sites is 1. The molecule has 1 aliphatic heterocycles. The maximum Gasteiger partial charge on any atom is 0.258 e. The van der Waals surface area contributed by atoms with Crippen LogP contribution in [0.4, 0.5) is 4.39 Å². The van der Waals surface area contributed by atoms with E-state index in [0.717, 1.165) is 0 Å². The van der Waals surface area contributed by atoms with Crippen molar-refractivity contribution >= 4 is 15.9 Å². The molecule has 1 N–H and O–H groups in total. The van der Waals surface area contributed by atoms with Crippen LogP contribution in [0.1, 0.15) is 0 Å². The van der Waals surface area contributed by atoms with Crippen molar-refractivity contribution in [3.05, 3.63) is 54.3 Å². The molecule has 0 aromatic heterocycles. The molecule has 10 heteroatoms. The van der Waals surface area contributed by atoms with E-state index in [0.29, 0.717) is 32.1 Å². The predicted molar refractivity (Wildman–Crippen MR) is 106 cm³/mol. The van der Waals surface area contributed by atoms with Crippen molar-refractivity contribution in [2.75, 3.05) is 46.1 Å².